The minimum Gasteiger partial charge on any atom is -0.485 e. The van der Waals surface area contributed by atoms with Crippen molar-refractivity contribution in [3.8, 4) is 18.0 Å². The monoisotopic (exact) mass is 381 g/mol. The molecule has 0 fully saturated rings. The van der Waals surface area contributed by atoms with Gasteiger partial charge in [-0.1, -0.05) is 11.6 Å². The number of rotatable bonds is 2. The molecule has 0 aliphatic carbocycles. The highest BCUT2D eigenvalue weighted by molar-refractivity contribution is 6.33. The number of aliphatic hydroxyl groups excluding tert-OH is 1. The number of aliphatic imine (C=N–C) groups is 1. The molecule has 1 aromatic heterocycles. The molecule has 0 saturated carbocycles. The Morgan fingerprint density at radius 1 is 1.37 bits per heavy atom. The summed E-state index contributed by atoms with van der Waals surface area (Å²) < 4.78 is 5.88. The van der Waals surface area contributed by atoms with Gasteiger partial charge < -0.3 is 9.84 Å². The fraction of sp³-hybridized carbons (Fsp3) is 0.263. The summed E-state index contributed by atoms with van der Waals surface area (Å²) in [4.78, 5) is 8.57. The van der Waals surface area contributed by atoms with Crippen LogP contribution >= 0.6 is 11.6 Å². The summed E-state index contributed by atoms with van der Waals surface area (Å²) in [5, 5.41) is 31.9. The quantitative estimate of drug-likeness (QED) is 0.272. The summed E-state index contributed by atoms with van der Waals surface area (Å²) in [7, 11) is 0. The topological polar surface area (TPSA) is 114 Å². The highest BCUT2D eigenvalue weighted by Crippen LogP contribution is 2.42. The molecule has 0 spiro atoms. The third-order valence-electron chi connectivity index (χ3n) is 4.30. The zero-order valence-electron chi connectivity index (χ0n) is 14.6. The van der Waals surface area contributed by atoms with E-state index in [-0.39, 0.29) is 11.0 Å². The van der Waals surface area contributed by atoms with Gasteiger partial charge in [0.15, 0.2) is 6.19 Å². The summed E-state index contributed by atoms with van der Waals surface area (Å²) in [5.74, 6) is 0.692. The van der Waals surface area contributed by atoms with E-state index in [0.717, 1.165) is 0 Å². The van der Waals surface area contributed by atoms with Crippen LogP contribution in [-0.4, -0.2) is 27.6 Å². The summed E-state index contributed by atoms with van der Waals surface area (Å²) in [6, 6.07) is 9.57. The first-order valence-electron chi connectivity index (χ1n) is 8.12. The molecule has 2 atom stereocenters. The number of fused-ring (bicyclic) bond motifs is 1. The van der Waals surface area contributed by atoms with Gasteiger partial charge in [-0.05, 0) is 44.2 Å². The number of amidine groups is 1. The number of pyridine rings is 1. The smallest absolute Gasteiger partial charge is 0.182 e. The Morgan fingerprint density at radius 3 is 2.81 bits per heavy atom. The maximum absolute atomic E-state index is 10.9. The second-order valence-corrected chi connectivity index (χ2v) is 6.87. The summed E-state index contributed by atoms with van der Waals surface area (Å²) in [5.41, 5.74) is 0.471. The second kappa shape index (κ2) is 7.24. The largest absolute Gasteiger partial charge is 0.485 e. The first-order valence-corrected chi connectivity index (χ1v) is 8.50. The molecule has 2 unspecified atom stereocenters. The Morgan fingerprint density at radius 2 is 2.15 bits per heavy atom. The Kier molecular flexibility index (Phi) is 5.00. The van der Waals surface area contributed by atoms with Crippen LogP contribution in [-0.2, 0) is 0 Å². The van der Waals surface area contributed by atoms with Gasteiger partial charge in [-0.3, -0.25) is 10.3 Å². The highest BCUT2D eigenvalue weighted by Gasteiger charge is 2.43. The number of aromatic nitrogens is 1. The van der Waals surface area contributed by atoms with E-state index in [0.29, 0.717) is 22.4 Å². The molecule has 1 aliphatic rings. The second-order valence-electron chi connectivity index (χ2n) is 6.52. The lowest BCUT2D eigenvalue weighted by atomic mass is 9.86. The minimum absolute atomic E-state index is 0.172. The van der Waals surface area contributed by atoms with Crippen LogP contribution in [0.25, 0.3) is 0 Å². The average molecular weight is 382 g/mol. The molecule has 8 heteroatoms. The van der Waals surface area contributed by atoms with Crippen molar-refractivity contribution >= 4 is 17.4 Å². The van der Waals surface area contributed by atoms with Gasteiger partial charge in [-0.25, -0.2) is 4.98 Å². The van der Waals surface area contributed by atoms with Crippen LogP contribution in [0.15, 0.2) is 41.5 Å². The maximum atomic E-state index is 10.9. The van der Waals surface area contributed by atoms with Crippen LogP contribution in [0.3, 0.4) is 0 Å². The van der Waals surface area contributed by atoms with E-state index in [2.05, 4.69) is 21.4 Å². The predicted molar refractivity (Wildman–Crippen MR) is 99.1 cm³/mol. The molecule has 7 nitrogen and oxygen atoms in total. The van der Waals surface area contributed by atoms with Crippen LogP contribution in [0.4, 0.5) is 0 Å². The number of aliphatic hydroxyl groups is 1. The van der Waals surface area contributed by atoms with Gasteiger partial charge in [0.1, 0.15) is 34.5 Å². The molecular formula is C19H16ClN5O2. The molecule has 2 aromatic rings. The molecule has 2 N–H and O–H groups in total. The van der Waals surface area contributed by atoms with Gasteiger partial charge in [0, 0.05) is 11.8 Å². The van der Waals surface area contributed by atoms with Crippen molar-refractivity contribution in [2.45, 2.75) is 31.6 Å². The molecule has 1 aliphatic heterocycles. The first-order chi connectivity index (χ1) is 12.9. The van der Waals surface area contributed by atoms with Crippen LogP contribution in [0.5, 0.6) is 5.75 Å². The van der Waals surface area contributed by atoms with E-state index in [1.54, 1.807) is 44.2 Å². The number of nitrogens with one attached hydrogen (secondary N) is 1. The maximum Gasteiger partial charge on any atom is 0.182 e. The van der Waals surface area contributed by atoms with E-state index >= 15 is 0 Å². The standard InChI is InChI=1S/C19H16ClN5O2/c1-19(2)16(26)15(13-8-11(9-21)5-6-14(13)27-19)25-18(24-10-22)12-4-3-7-23-17(12)20/h3-8,15-16,26H,1-2H3,(H,24,25). The third kappa shape index (κ3) is 3.56. The SMILES string of the molecule is CC1(C)Oc2ccc(C#N)cc2C(N=C(NC#N)c2cccnc2Cl)C1O. The van der Waals surface area contributed by atoms with Gasteiger partial charge in [0.2, 0.25) is 0 Å². The van der Waals surface area contributed by atoms with Crippen molar-refractivity contribution in [2.75, 3.05) is 0 Å². The lowest BCUT2D eigenvalue weighted by Crippen LogP contribution is -2.48. The van der Waals surface area contributed by atoms with Gasteiger partial charge in [0.25, 0.3) is 0 Å². The van der Waals surface area contributed by atoms with Crippen molar-refractivity contribution in [3.05, 3.63) is 58.4 Å². The summed E-state index contributed by atoms with van der Waals surface area (Å²) in [6.07, 6.45) is 2.33. The number of ether oxygens (including phenoxy) is 1. The molecule has 136 valence electrons. The number of halogens is 1. The average Bonchev–Trinajstić information content (AvgIpc) is 2.64. The fourth-order valence-corrected chi connectivity index (χ4v) is 3.11. The van der Waals surface area contributed by atoms with E-state index < -0.39 is 17.7 Å². The normalized spacial score (nSPS) is 20.6. The van der Waals surface area contributed by atoms with Crippen LogP contribution in [0.2, 0.25) is 5.15 Å². The lowest BCUT2D eigenvalue weighted by molar-refractivity contribution is -0.0566. The zero-order valence-corrected chi connectivity index (χ0v) is 15.4. The molecular weight excluding hydrogens is 366 g/mol. The molecule has 0 amide bonds. The van der Waals surface area contributed by atoms with Crippen LogP contribution in [0, 0.1) is 22.8 Å². The highest BCUT2D eigenvalue weighted by atomic mass is 35.5. The number of hydrogen-bond acceptors (Lipinski definition) is 6. The van der Waals surface area contributed by atoms with Gasteiger partial charge in [0.05, 0.1) is 17.2 Å². The van der Waals surface area contributed by atoms with Crippen molar-refractivity contribution in [3.63, 3.8) is 0 Å². The number of nitrogens with zero attached hydrogens (tertiary/aromatic N) is 4. The first kappa shape index (κ1) is 18.7. The molecule has 1 aromatic carbocycles. The molecule has 0 radical (unpaired) electrons. The predicted octanol–water partition coefficient (Wildman–Crippen LogP) is 2.70. The molecule has 27 heavy (non-hydrogen) atoms. The Bertz CT molecular complexity index is 990. The zero-order chi connectivity index (χ0) is 19.6. The summed E-state index contributed by atoms with van der Waals surface area (Å²) in [6.45, 7) is 3.49. The number of benzene rings is 1. The van der Waals surface area contributed by atoms with Gasteiger partial charge >= 0.3 is 0 Å². The number of nitriles is 2. The molecule has 2 heterocycles. The van der Waals surface area contributed by atoms with E-state index in [4.69, 9.17) is 21.6 Å². The van der Waals surface area contributed by atoms with Crippen molar-refractivity contribution in [2.24, 2.45) is 4.99 Å². The van der Waals surface area contributed by atoms with Gasteiger partial charge in [-0.15, -0.1) is 0 Å². The van der Waals surface area contributed by atoms with Crippen LogP contribution in [0.1, 0.15) is 36.6 Å². The van der Waals surface area contributed by atoms with Crippen molar-refractivity contribution in [1.82, 2.24) is 10.3 Å². The fourth-order valence-electron chi connectivity index (χ4n) is 2.90. The Labute approximate surface area is 161 Å². The Balaban J connectivity index is 2.18. The summed E-state index contributed by atoms with van der Waals surface area (Å²) >= 11 is 6.14. The number of hydrogen-bond donors (Lipinski definition) is 2. The molecule has 0 bridgehead atoms. The van der Waals surface area contributed by atoms with E-state index in [1.807, 2.05) is 6.19 Å². The van der Waals surface area contributed by atoms with Crippen molar-refractivity contribution < 1.29 is 9.84 Å². The lowest BCUT2D eigenvalue weighted by Gasteiger charge is -2.40. The Hall–Kier alpha value is -3.13. The van der Waals surface area contributed by atoms with Crippen LogP contribution < -0.4 is 10.1 Å². The molecule has 3 rings (SSSR count). The third-order valence-corrected chi connectivity index (χ3v) is 4.60. The van der Waals surface area contributed by atoms with Gasteiger partial charge in [-0.2, -0.15) is 10.5 Å². The van der Waals surface area contributed by atoms with E-state index in [9.17, 15) is 10.4 Å². The van der Waals surface area contributed by atoms with Crippen molar-refractivity contribution in [1.29, 1.82) is 10.5 Å². The minimum atomic E-state index is -1.02. The molecule has 0 saturated heterocycles. The van der Waals surface area contributed by atoms with E-state index in [1.165, 1.54) is 6.20 Å².